The van der Waals surface area contributed by atoms with Crippen molar-refractivity contribution in [2.24, 2.45) is 0 Å². The Morgan fingerprint density at radius 1 is 0.457 bits per heavy atom. The smallest absolute Gasteiger partial charge is 0.423 e. The molecule has 35 heavy (non-hydrogen) atoms. The molecule has 0 saturated carbocycles. The van der Waals surface area contributed by atoms with E-state index < -0.39 is 15.2 Å². The van der Waals surface area contributed by atoms with Gasteiger partial charge in [0, 0.05) is 22.5 Å². The minimum Gasteiger partial charge on any atom is -0.423 e. The summed E-state index contributed by atoms with van der Waals surface area (Å²) < 4.78 is 0. The average molecular weight is 469 g/mol. The number of anilines is 3. The van der Waals surface area contributed by atoms with Crippen LogP contribution in [0, 0.1) is 0 Å². The molecular formula is C30H24BNO2Si. The molecule has 1 heterocycles. The maximum absolute atomic E-state index is 10.2. The van der Waals surface area contributed by atoms with Crippen LogP contribution in [0.4, 0.5) is 17.1 Å². The van der Waals surface area contributed by atoms with Gasteiger partial charge in [-0.05, 0) is 38.9 Å². The standard InChI is InChI=1S/C30H24BNO2Si/c33-31(34)25-17-7-8-18-26(25)32-27-19-9-11-21-29(27)35(23-13-3-1-4-14-23,24-15-5-2-6-16-24)30-22-12-10-20-28(30)32/h1-22,33-34H. The van der Waals surface area contributed by atoms with Crippen molar-refractivity contribution < 1.29 is 10.0 Å². The summed E-state index contributed by atoms with van der Waals surface area (Å²) in [5.41, 5.74) is 3.38. The summed E-state index contributed by atoms with van der Waals surface area (Å²) >= 11 is 0. The lowest BCUT2D eigenvalue weighted by atomic mass is 9.78. The summed E-state index contributed by atoms with van der Waals surface area (Å²) in [4.78, 5) is 2.19. The molecule has 1 aliphatic heterocycles. The first kappa shape index (κ1) is 21.6. The molecule has 0 saturated heterocycles. The van der Waals surface area contributed by atoms with Gasteiger partial charge in [-0.25, -0.2) is 0 Å². The third kappa shape index (κ3) is 3.28. The van der Waals surface area contributed by atoms with Gasteiger partial charge < -0.3 is 14.9 Å². The Balaban J connectivity index is 1.77. The molecule has 0 fully saturated rings. The first-order chi connectivity index (χ1) is 17.2. The molecule has 0 radical (unpaired) electrons. The lowest BCUT2D eigenvalue weighted by Crippen LogP contribution is -2.77. The Morgan fingerprint density at radius 3 is 1.34 bits per heavy atom. The van der Waals surface area contributed by atoms with Crippen LogP contribution >= 0.6 is 0 Å². The van der Waals surface area contributed by atoms with Crippen LogP contribution in [0.3, 0.4) is 0 Å². The van der Waals surface area contributed by atoms with E-state index in [1.165, 1.54) is 20.7 Å². The fourth-order valence-electron chi connectivity index (χ4n) is 5.58. The molecule has 5 aromatic carbocycles. The van der Waals surface area contributed by atoms with Gasteiger partial charge in [0.2, 0.25) is 0 Å². The van der Waals surface area contributed by atoms with E-state index in [0.29, 0.717) is 5.46 Å². The summed E-state index contributed by atoms with van der Waals surface area (Å²) in [6, 6.07) is 46.4. The molecule has 0 unspecified atom stereocenters. The summed E-state index contributed by atoms with van der Waals surface area (Å²) in [6.07, 6.45) is 0. The van der Waals surface area contributed by atoms with Crippen molar-refractivity contribution in [1.29, 1.82) is 0 Å². The van der Waals surface area contributed by atoms with Gasteiger partial charge >= 0.3 is 7.12 Å². The van der Waals surface area contributed by atoms with Gasteiger partial charge in [0.1, 0.15) is 0 Å². The number of benzene rings is 5. The normalized spacial score (nSPS) is 13.6. The SMILES string of the molecule is OB(O)c1ccccc1N1c2ccccc2[Si](c2ccccc2)(c2ccccc2)c2ccccc21. The fourth-order valence-corrected chi connectivity index (χ4v) is 10.7. The minimum atomic E-state index is -2.66. The zero-order chi connectivity index (χ0) is 23.8. The fraction of sp³-hybridized carbons (Fsp3) is 0. The average Bonchev–Trinajstić information content (AvgIpc) is 2.92. The van der Waals surface area contributed by atoms with E-state index in [2.05, 4.69) is 114 Å². The number of hydrogen-bond acceptors (Lipinski definition) is 3. The molecular weight excluding hydrogens is 445 g/mol. The van der Waals surface area contributed by atoms with Crippen molar-refractivity contribution in [3.05, 3.63) is 133 Å². The maximum atomic E-state index is 10.2. The molecule has 0 amide bonds. The second kappa shape index (κ2) is 8.71. The second-order valence-electron chi connectivity index (χ2n) is 8.78. The van der Waals surface area contributed by atoms with E-state index in [0.717, 1.165) is 17.1 Å². The van der Waals surface area contributed by atoms with Crippen molar-refractivity contribution in [2.45, 2.75) is 0 Å². The molecule has 0 spiro atoms. The van der Waals surface area contributed by atoms with Crippen LogP contribution in [-0.2, 0) is 0 Å². The maximum Gasteiger partial charge on any atom is 0.490 e. The lowest BCUT2D eigenvalue weighted by molar-refractivity contribution is 0.426. The molecule has 5 heteroatoms. The van der Waals surface area contributed by atoms with Crippen molar-refractivity contribution in [3.63, 3.8) is 0 Å². The predicted molar refractivity (Wildman–Crippen MR) is 148 cm³/mol. The van der Waals surface area contributed by atoms with Gasteiger partial charge in [0.05, 0.1) is 0 Å². The van der Waals surface area contributed by atoms with Crippen LogP contribution in [0.2, 0.25) is 0 Å². The molecule has 168 valence electrons. The van der Waals surface area contributed by atoms with Crippen LogP contribution in [-0.4, -0.2) is 25.2 Å². The molecule has 1 aliphatic rings. The van der Waals surface area contributed by atoms with E-state index in [1.807, 2.05) is 18.2 Å². The number of rotatable bonds is 4. The Bertz CT molecular complexity index is 1400. The number of nitrogens with zero attached hydrogens (tertiary/aromatic N) is 1. The van der Waals surface area contributed by atoms with E-state index in [9.17, 15) is 10.0 Å². The van der Waals surface area contributed by atoms with E-state index in [-0.39, 0.29) is 0 Å². The summed E-state index contributed by atoms with van der Waals surface area (Å²) in [5, 5.41) is 25.6. The topological polar surface area (TPSA) is 43.7 Å². The van der Waals surface area contributed by atoms with Gasteiger partial charge in [-0.3, -0.25) is 0 Å². The Labute approximate surface area is 206 Å². The van der Waals surface area contributed by atoms with Crippen molar-refractivity contribution in [1.82, 2.24) is 0 Å². The second-order valence-corrected chi connectivity index (χ2v) is 12.5. The minimum absolute atomic E-state index is 0.477. The summed E-state index contributed by atoms with van der Waals surface area (Å²) in [6.45, 7) is 0. The van der Waals surface area contributed by atoms with Crippen LogP contribution in [0.1, 0.15) is 0 Å². The van der Waals surface area contributed by atoms with Gasteiger partial charge in [0.25, 0.3) is 0 Å². The molecule has 6 rings (SSSR count). The molecule has 5 aromatic rings. The monoisotopic (exact) mass is 469 g/mol. The number of para-hydroxylation sites is 3. The van der Waals surface area contributed by atoms with Crippen molar-refractivity contribution in [3.8, 4) is 0 Å². The van der Waals surface area contributed by atoms with Crippen molar-refractivity contribution >= 4 is 58.5 Å². The largest absolute Gasteiger partial charge is 0.490 e. The van der Waals surface area contributed by atoms with Crippen LogP contribution < -0.4 is 31.1 Å². The van der Waals surface area contributed by atoms with Crippen LogP contribution in [0.15, 0.2) is 133 Å². The molecule has 0 aliphatic carbocycles. The van der Waals surface area contributed by atoms with Gasteiger partial charge in [-0.2, -0.15) is 0 Å². The van der Waals surface area contributed by atoms with Crippen LogP contribution in [0.5, 0.6) is 0 Å². The van der Waals surface area contributed by atoms with Gasteiger partial charge in [-0.15, -0.1) is 0 Å². The van der Waals surface area contributed by atoms with Crippen molar-refractivity contribution in [2.75, 3.05) is 4.90 Å². The van der Waals surface area contributed by atoms with E-state index >= 15 is 0 Å². The van der Waals surface area contributed by atoms with Gasteiger partial charge in [-0.1, -0.05) is 115 Å². The highest BCUT2D eigenvalue weighted by molar-refractivity contribution is 7.21. The van der Waals surface area contributed by atoms with Gasteiger partial charge in [0.15, 0.2) is 8.07 Å². The highest BCUT2D eigenvalue weighted by atomic mass is 28.3. The first-order valence-electron chi connectivity index (χ1n) is 11.8. The predicted octanol–water partition coefficient (Wildman–Crippen LogP) is 2.53. The lowest BCUT2D eigenvalue weighted by Gasteiger charge is -2.45. The third-order valence-electron chi connectivity index (χ3n) is 6.97. The highest BCUT2D eigenvalue weighted by Crippen LogP contribution is 2.37. The first-order valence-corrected chi connectivity index (χ1v) is 13.8. The Kier molecular flexibility index (Phi) is 5.38. The zero-order valence-corrected chi connectivity index (χ0v) is 20.1. The highest BCUT2D eigenvalue weighted by Gasteiger charge is 2.48. The third-order valence-corrected chi connectivity index (χ3v) is 11.8. The quantitative estimate of drug-likeness (QED) is 0.390. The summed E-state index contributed by atoms with van der Waals surface area (Å²) in [5.74, 6) is 0. The molecule has 0 bridgehead atoms. The molecule has 0 aromatic heterocycles. The molecule has 2 N–H and O–H groups in total. The molecule has 3 nitrogen and oxygen atoms in total. The molecule has 0 atom stereocenters. The number of hydrogen-bond donors (Lipinski definition) is 2. The van der Waals surface area contributed by atoms with E-state index in [4.69, 9.17) is 0 Å². The van der Waals surface area contributed by atoms with Crippen LogP contribution in [0.25, 0.3) is 0 Å². The van der Waals surface area contributed by atoms with E-state index in [1.54, 1.807) is 6.07 Å². The Morgan fingerprint density at radius 2 is 0.857 bits per heavy atom. The zero-order valence-electron chi connectivity index (χ0n) is 19.1. The summed E-state index contributed by atoms with van der Waals surface area (Å²) in [7, 11) is -4.23. The Hall–Kier alpha value is -3.90. The number of fused-ring (bicyclic) bond motifs is 2.